The van der Waals surface area contributed by atoms with Gasteiger partial charge in [-0.15, -0.1) is 0 Å². The summed E-state index contributed by atoms with van der Waals surface area (Å²) in [6, 6.07) is 27.4. The first-order valence-electron chi connectivity index (χ1n) is 32.3. The standard InChI is InChI=1S/C25H27FN6O.C24H25FN6O.C23H23FN6O/c1-3-31-8-10-32(11-9-31)19-5-7-22(27-15-19)30-23-14-24(29-16-28-23)33-21-6-4-18-12-17(2)13-20(18)25(21)26;1-16-11-17-3-5-20(24(25)19(17)12-16)32-23-13-22(27-15-28-23)29-21-6-4-18(14-26-21)31-9-7-30(2)8-10-31;1-15-10-16-2-4-19(23(24)18(16)11-15)31-22-12-21(27-14-28-22)29-20-5-3-17(13-26-20)30-8-6-25-7-9-30/h4-7,13-16H,3,8-12H2,1-2H3,(H,27,28,29,30);3-6,12-15H,7-11H2,1-2H3,(H,26,27,28,29);2-5,11-14,25H,6-10H2,1H3,(H,26,27,28,29). The smallest absolute Gasteiger partial charge is 0.224 e. The van der Waals surface area contributed by atoms with Gasteiger partial charge in [0.25, 0.3) is 0 Å². The van der Waals surface area contributed by atoms with Crippen molar-refractivity contribution in [1.82, 2.24) is 60.0 Å². The van der Waals surface area contributed by atoms with Crippen LogP contribution in [0.15, 0.2) is 145 Å². The minimum Gasteiger partial charge on any atom is -0.436 e. The maximum absolute atomic E-state index is 14.9. The van der Waals surface area contributed by atoms with Crippen LogP contribution in [0, 0.1) is 17.5 Å². The van der Waals surface area contributed by atoms with Crippen molar-refractivity contribution in [2.45, 2.75) is 47.0 Å². The molecule has 6 aliphatic rings. The zero-order valence-corrected chi connectivity index (χ0v) is 54.3. The minimum absolute atomic E-state index is 0.146. The van der Waals surface area contributed by atoms with Crippen LogP contribution in [-0.4, -0.2) is 147 Å². The van der Waals surface area contributed by atoms with Gasteiger partial charge in [-0.05, 0) is 125 Å². The SMILES string of the molecule is CC1=Cc2c(ccc(Oc3cc(Nc4ccc(N5CCN(C)CC5)cn4)ncn3)c2F)C1.CC1=Cc2c(ccc(Oc3cc(Nc4ccc(N5CCNCC5)cn4)ncn3)c2F)C1.CCN1CCN(c2ccc(Nc3cc(Oc4ccc5c(c4F)C=C(C)C5)ncn3)nc2)CC1. The number of nitrogens with zero attached hydrogens (tertiary/aromatic N) is 14. The first-order valence-corrected chi connectivity index (χ1v) is 32.3. The van der Waals surface area contributed by atoms with Crippen LogP contribution in [0.25, 0.3) is 18.2 Å². The average molecular weight is 1300 g/mol. The molecule has 0 unspecified atom stereocenters. The Hall–Kier alpha value is -10.6. The molecule has 9 heterocycles. The van der Waals surface area contributed by atoms with Crippen LogP contribution in [0.1, 0.15) is 61.1 Å². The summed E-state index contributed by atoms with van der Waals surface area (Å²) in [6.07, 6.45) is 17.6. The number of allylic oxidation sites excluding steroid dienone is 3. The van der Waals surface area contributed by atoms with E-state index in [1.807, 2.05) is 100 Å². The van der Waals surface area contributed by atoms with E-state index < -0.39 is 0 Å². The van der Waals surface area contributed by atoms with E-state index in [0.717, 1.165) is 155 Å². The van der Waals surface area contributed by atoms with Gasteiger partial charge in [0.05, 0.1) is 35.7 Å². The number of pyridine rings is 3. The molecule has 24 heteroatoms. The second-order valence-corrected chi connectivity index (χ2v) is 24.4. The Kier molecular flexibility index (Phi) is 19.6. The molecule has 3 aromatic carbocycles. The van der Waals surface area contributed by atoms with Crippen LogP contribution < -0.4 is 50.2 Å². The van der Waals surface area contributed by atoms with Gasteiger partial charge < -0.3 is 60.0 Å². The van der Waals surface area contributed by atoms with Crippen molar-refractivity contribution in [2.75, 3.05) is 123 Å². The monoisotopic (exact) mass is 1300 g/mol. The lowest BCUT2D eigenvalue weighted by Crippen LogP contribution is -2.46. The Morgan fingerprint density at radius 1 is 0.406 bits per heavy atom. The van der Waals surface area contributed by atoms with Crippen LogP contribution in [-0.2, 0) is 19.3 Å². The molecule has 6 aromatic heterocycles. The molecule has 4 N–H and O–H groups in total. The molecule has 0 radical (unpaired) electrons. The van der Waals surface area contributed by atoms with Gasteiger partial charge in [-0.2, -0.15) is 0 Å². The third-order valence-electron chi connectivity index (χ3n) is 17.4. The summed E-state index contributed by atoms with van der Waals surface area (Å²) in [5, 5.41) is 12.8. The topological polar surface area (TPSA) is 208 Å². The molecule has 0 spiro atoms. The van der Waals surface area contributed by atoms with Crippen LogP contribution in [0.2, 0.25) is 0 Å². The summed E-state index contributed by atoms with van der Waals surface area (Å²) < 4.78 is 61.7. The lowest BCUT2D eigenvalue weighted by Gasteiger charge is -2.35. The third-order valence-corrected chi connectivity index (χ3v) is 17.4. The molecule has 96 heavy (non-hydrogen) atoms. The molecule has 0 saturated carbocycles. The summed E-state index contributed by atoms with van der Waals surface area (Å²) >= 11 is 0. The lowest BCUT2D eigenvalue weighted by molar-refractivity contribution is 0.271. The predicted octanol–water partition coefficient (Wildman–Crippen LogP) is 12.8. The highest BCUT2D eigenvalue weighted by Gasteiger charge is 2.24. The number of halogens is 3. The van der Waals surface area contributed by atoms with E-state index >= 15 is 0 Å². The Labute approximate surface area is 555 Å². The fourth-order valence-electron chi connectivity index (χ4n) is 12.2. The van der Waals surface area contributed by atoms with Crippen molar-refractivity contribution in [3.8, 4) is 34.9 Å². The maximum atomic E-state index is 14.9. The number of piperazine rings is 3. The number of ether oxygens (including phenoxy) is 3. The van der Waals surface area contributed by atoms with E-state index in [0.29, 0.717) is 51.6 Å². The number of nitrogens with one attached hydrogen (secondary N) is 4. The molecule has 3 aliphatic carbocycles. The Balaban J connectivity index is 0.000000130. The van der Waals surface area contributed by atoms with E-state index in [-0.39, 0.29) is 52.3 Å². The highest BCUT2D eigenvalue weighted by atomic mass is 19.1. The van der Waals surface area contributed by atoms with Gasteiger partial charge in [-0.1, -0.05) is 60.1 Å². The van der Waals surface area contributed by atoms with E-state index in [9.17, 15) is 13.2 Å². The maximum Gasteiger partial charge on any atom is 0.224 e. The number of benzene rings is 3. The normalized spacial score (nSPS) is 15.8. The Morgan fingerprint density at radius 3 is 1.08 bits per heavy atom. The second kappa shape index (κ2) is 29.4. The zero-order valence-electron chi connectivity index (χ0n) is 54.3. The first-order chi connectivity index (χ1) is 46.8. The van der Waals surface area contributed by atoms with Crippen LogP contribution in [0.4, 0.5) is 65.1 Å². The molecule has 0 atom stereocenters. The Morgan fingerprint density at radius 2 is 0.750 bits per heavy atom. The number of rotatable bonds is 16. The minimum atomic E-state index is -0.368. The highest BCUT2D eigenvalue weighted by molar-refractivity contribution is 5.69. The lowest BCUT2D eigenvalue weighted by atomic mass is 10.1. The number of hydrogen-bond acceptors (Lipinski definition) is 21. The molecule has 0 amide bonds. The number of anilines is 9. The zero-order chi connectivity index (χ0) is 66.1. The van der Waals surface area contributed by atoms with Crippen molar-refractivity contribution in [3.05, 3.63) is 196 Å². The summed E-state index contributed by atoms with van der Waals surface area (Å²) in [6.45, 7) is 21.4. The summed E-state index contributed by atoms with van der Waals surface area (Å²) in [5.41, 5.74) is 11.4. The van der Waals surface area contributed by atoms with Crippen molar-refractivity contribution in [1.29, 1.82) is 0 Å². The van der Waals surface area contributed by atoms with Crippen molar-refractivity contribution < 1.29 is 27.4 Å². The van der Waals surface area contributed by atoms with E-state index in [1.165, 1.54) is 19.0 Å². The molecule has 0 bridgehead atoms. The number of likely N-dealkylation sites (N-methyl/N-ethyl adjacent to an activating group) is 2. The van der Waals surface area contributed by atoms with Gasteiger partial charge in [-0.25, -0.2) is 58.0 Å². The summed E-state index contributed by atoms with van der Waals surface area (Å²) in [7, 11) is 2.14. The van der Waals surface area contributed by atoms with Crippen LogP contribution >= 0.6 is 0 Å². The largest absolute Gasteiger partial charge is 0.436 e. The van der Waals surface area contributed by atoms with E-state index in [2.05, 4.69) is 117 Å². The second-order valence-electron chi connectivity index (χ2n) is 24.4. The average Bonchev–Trinajstić information content (AvgIpc) is 1.66. The molecule has 9 aromatic rings. The highest BCUT2D eigenvalue weighted by Crippen LogP contribution is 2.38. The fraction of sp³-hybridized carbons (Fsp3) is 0.292. The summed E-state index contributed by atoms with van der Waals surface area (Å²) in [5.74, 6) is 3.67. The van der Waals surface area contributed by atoms with Crippen LogP contribution in [0.3, 0.4) is 0 Å². The number of hydrogen-bond donors (Lipinski definition) is 4. The molecular formula is C72H75F3N18O3. The van der Waals surface area contributed by atoms with E-state index in [4.69, 9.17) is 14.2 Å². The van der Waals surface area contributed by atoms with Crippen molar-refractivity contribution in [2.24, 2.45) is 0 Å². The van der Waals surface area contributed by atoms with Gasteiger partial charge in [0, 0.05) is 113 Å². The summed E-state index contributed by atoms with van der Waals surface area (Å²) in [4.78, 5) is 50.3. The van der Waals surface area contributed by atoms with Gasteiger partial charge in [0.2, 0.25) is 17.6 Å². The fourth-order valence-corrected chi connectivity index (χ4v) is 12.2. The Bertz CT molecular complexity index is 4330. The van der Waals surface area contributed by atoms with Gasteiger partial charge in [0.1, 0.15) is 53.9 Å². The molecule has 15 rings (SSSR count). The predicted molar refractivity (Wildman–Crippen MR) is 369 cm³/mol. The van der Waals surface area contributed by atoms with Gasteiger partial charge >= 0.3 is 0 Å². The molecule has 492 valence electrons. The van der Waals surface area contributed by atoms with Crippen LogP contribution in [0.5, 0.6) is 34.9 Å². The molecular weight excluding hydrogens is 1220 g/mol. The third kappa shape index (κ3) is 15.6. The van der Waals surface area contributed by atoms with Crippen molar-refractivity contribution in [3.63, 3.8) is 0 Å². The first kappa shape index (κ1) is 64.2. The van der Waals surface area contributed by atoms with E-state index in [1.54, 1.807) is 36.4 Å². The van der Waals surface area contributed by atoms with Gasteiger partial charge in [0.15, 0.2) is 34.7 Å². The molecule has 3 saturated heterocycles. The molecule has 3 fully saturated rings. The molecule has 21 nitrogen and oxygen atoms in total. The van der Waals surface area contributed by atoms with Crippen molar-refractivity contribution >= 4 is 70.2 Å². The quantitative estimate of drug-likeness (QED) is 0.0709. The molecule has 3 aliphatic heterocycles. The number of fused-ring (bicyclic) bond motifs is 3. The van der Waals surface area contributed by atoms with Gasteiger partial charge in [-0.3, -0.25) is 0 Å². The number of aromatic nitrogens is 9.